The topological polar surface area (TPSA) is 57.5 Å². The zero-order chi connectivity index (χ0) is 9.64. The maximum absolute atomic E-state index is 11.3. The SMILES string of the molecule is Cc1ccc2c(c1)C(=O)CS2(O)O. The molecule has 13 heavy (non-hydrogen) atoms. The molecule has 0 spiro atoms. The van der Waals surface area contributed by atoms with E-state index in [1.54, 1.807) is 18.2 Å². The number of hydrogen-bond donors (Lipinski definition) is 2. The summed E-state index contributed by atoms with van der Waals surface area (Å²) in [5.41, 5.74) is 1.43. The Labute approximate surface area is 77.7 Å². The Balaban J connectivity index is 2.66. The first-order valence-electron chi connectivity index (χ1n) is 3.90. The van der Waals surface area contributed by atoms with Gasteiger partial charge in [0.1, 0.15) is 5.75 Å². The highest BCUT2D eigenvalue weighted by atomic mass is 32.3. The van der Waals surface area contributed by atoms with E-state index in [1.807, 2.05) is 6.92 Å². The minimum Gasteiger partial charge on any atom is -0.294 e. The standard InChI is InChI=1S/C9H10O3S/c1-6-2-3-9-7(4-6)8(10)5-13(9,11)12/h2-4,11-12H,5H2,1H3. The van der Waals surface area contributed by atoms with E-state index in [-0.39, 0.29) is 11.5 Å². The number of hydrogen-bond acceptors (Lipinski definition) is 3. The van der Waals surface area contributed by atoms with Gasteiger partial charge in [0, 0.05) is 5.56 Å². The molecule has 3 nitrogen and oxygen atoms in total. The van der Waals surface area contributed by atoms with Gasteiger partial charge in [-0.2, -0.15) is 10.6 Å². The van der Waals surface area contributed by atoms with E-state index in [0.717, 1.165) is 5.56 Å². The van der Waals surface area contributed by atoms with Gasteiger partial charge < -0.3 is 0 Å². The van der Waals surface area contributed by atoms with Gasteiger partial charge in [0.15, 0.2) is 5.78 Å². The van der Waals surface area contributed by atoms with E-state index in [4.69, 9.17) is 0 Å². The Hall–Kier alpha value is -0.840. The second-order valence-corrected chi connectivity index (χ2v) is 5.30. The van der Waals surface area contributed by atoms with Crippen LogP contribution in [-0.4, -0.2) is 20.6 Å². The van der Waals surface area contributed by atoms with Crippen molar-refractivity contribution >= 4 is 16.4 Å². The molecule has 0 aromatic heterocycles. The smallest absolute Gasteiger partial charge is 0.184 e. The van der Waals surface area contributed by atoms with E-state index < -0.39 is 10.6 Å². The summed E-state index contributed by atoms with van der Waals surface area (Å²) in [6, 6.07) is 5.12. The van der Waals surface area contributed by atoms with E-state index in [1.165, 1.54) is 0 Å². The highest BCUT2D eigenvalue weighted by molar-refractivity contribution is 8.25. The Kier molecular flexibility index (Phi) is 1.73. The summed E-state index contributed by atoms with van der Waals surface area (Å²) < 4.78 is 19.1. The predicted molar refractivity (Wildman–Crippen MR) is 51.5 cm³/mol. The summed E-state index contributed by atoms with van der Waals surface area (Å²) in [6.07, 6.45) is 0. The quantitative estimate of drug-likeness (QED) is 0.672. The van der Waals surface area contributed by atoms with Crippen LogP contribution in [0.15, 0.2) is 23.1 Å². The van der Waals surface area contributed by atoms with Gasteiger partial charge in [-0.15, -0.1) is 0 Å². The van der Waals surface area contributed by atoms with Crippen molar-refractivity contribution in [1.29, 1.82) is 0 Å². The maximum Gasteiger partial charge on any atom is 0.184 e. The summed E-state index contributed by atoms with van der Waals surface area (Å²) in [5, 5.41) is 0. The van der Waals surface area contributed by atoms with Crippen molar-refractivity contribution in [2.24, 2.45) is 0 Å². The van der Waals surface area contributed by atoms with Crippen LogP contribution in [0.25, 0.3) is 0 Å². The molecule has 70 valence electrons. The molecule has 1 heterocycles. The summed E-state index contributed by atoms with van der Waals surface area (Å²) in [5.74, 6) is -0.315. The maximum atomic E-state index is 11.3. The van der Waals surface area contributed by atoms with Crippen LogP contribution in [0.2, 0.25) is 0 Å². The molecule has 0 bridgehead atoms. The van der Waals surface area contributed by atoms with Crippen molar-refractivity contribution in [1.82, 2.24) is 0 Å². The fraction of sp³-hybridized carbons (Fsp3) is 0.222. The number of carbonyl (C=O) groups excluding carboxylic acids is 1. The number of rotatable bonds is 0. The molecule has 0 radical (unpaired) electrons. The first-order chi connectivity index (χ1) is 6.00. The Morgan fingerprint density at radius 1 is 1.38 bits per heavy atom. The molecular formula is C9H10O3S. The first kappa shape index (κ1) is 8.74. The van der Waals surface area contributed by atoms with Crippen LogP contribution in [0, 0.1) is 6.92 Å². The third-order valence-corrected chi connectivity index (χ3v) is 3.85. The Morgan fingerprint density at radius 3 is 2.77 bits per heavy atom. The molecule has 1 aromatic carbocycles. The summed E-state index contributed by atoms with van der Waals surface area (Å²) >= 11 is 0. The number of ketones is 1. The molecule has 0 unspecified atom stereocenters. The van der Waals surface area contributed by atoms with Crippen molar-refractivity contribution < 1.29 is 13.9 Å². The first-order valence-corrected chi connectivity index (χ1v) is 5.62. The van der Waals surface area contributed by atoms with E-state index in [2.05, 4.69) is 0 Å². The zero-order valence-electron chi connectivity index (χ0n) is 7.15. The Morgan fingerprint density at radius 2 is 2.08 bits per heavy atom. The second-order valence-electron chi connectivity index (χ2n) is 3.23. The van der Waals surface area contributed by atoms with Crippen molar-refractivity contribution in [3.8, 4) is 0 Å². The van der Waals surface area contributed by atoms with Crippen LogP contribution in [0.3, 0.4) is 0 Å². The highest BCUT2D eigenvalue weighted by Crippen LogP contribution is 2.54. The van der Waals surface area contributed by atoms with Gasteiger partial charge in [-0.05, 0) is 19.1 Å². The summed E-state index contributed by atoms with van der Waals surface area (Å²) in [6.45, 7) is 1.87. The van der Waals surface area contributed by atoms with Gasteiger partial charge in [0.2, 0.25) is 0 Å². The summed E-state index contributed by atoms with van der Waals surface area (Å²) in [4.78, 5) is 11.7. The number of Topliss-reactive ketones (excluding diaryl/α,β-unsaturated/α-hetero) is 1. The van der Waals surface area contributed by atoms with Gasteiger partial charge in [0.05, 0.1) is 4.90 Å². The van der Waals surface area contributed by atoms with Crippen LogP contribution in [-0.2, 0) is 0 Å². The van der Waals surface area contributed by atoms with Crippen LogP contribution < -0.4 is 0 Å². The Bertz CT molecular complexity index is 384. The van der Waals surface area contributed by atoms with Gasteiger partial charge in [-0.25, -0.2) is 0 Å². The molecule has 0 saturated heterocycles. The lowest BCUT2D eigenvalue weighted by Crippen LogP contribution is -2.00. The second kappa shape index (κ2) is 2.57. The molecule has 0 saturated carbocycles. The average molecular weight is 198 g/mol. The van der Waals surface area contributed by atoms with Crippen LogP contribution in [0.4, 0.5) is 0 Å². The van der Waals surface area contributed by atoms with Gasteiger partial charge in [-0.1, -0.05) is 11.6 Å². The number of fused-ring (bicyclic) bond motifs is 1. The van der Waals surface area contributed by atoms with E-state index in [0.29, 0.717) is 10.5 Å². The molecular weight excluding hydrogens is 188 g/mol. The highest BCUT2D eigenvalue weighted by Gasteiger charge is 2.33. The lowest BCUT2D eigenvalue weighted by atomic mass is 10.1. The van der Waals surface area contributed by atoms with Crippen molar-refractivity contribution in [3.63, 3.8) is 0 Å². The minimum absolute atomic E-state index is 0.147. The average Bonchev–Trinajstić information content (AvgIpc) is 2.22. The van der Waals surface area contributed by atoms with Crippen LogP contribution in [0.5, 0.6) is 0 Å². The summed E-state index contributed by atoms with van der Waals surface area (Å²) in [7, 11) is -2.82. The predicted octanol–water partition coefficient (Wildman–Crippen LogP) is 2.30. The van der Waals surface area contributed by atoms with Crippen molar-refractivity contribution in [2.45, 2.75) is 11.8 Å². The molecule has 0 aliphatic carbocycles. The molecule has 0 amide bonds. The fourth-order valence-corrected chi connectivity index (χ4v) is 2.97. The number of benzene rings is 1. The van der Waals surface area contributed by atoms with Gasteiger partial charge in [-0.3, -0.25) is 13.9 Å². The fourth-order valence-electron chi connectivity index (χ4n) is 1.49. The van der Waals surface area contributed by atoms with Crippen molar-refractivity contribution in [2.75, 3.05) is 5.75 Å². The van der Waals surface area contributed by atoms with Crippen LogP contribution in [0.1, 0.15) is 15.9 Å². The van der Waals surface area contributed by atoms with E-state index >= 15 is 0 Å². The normalized spacial score (nSPS) is 21.3. The minimum atomic E-state index is -2.82. The van der Waals surface area contributed by atoms with Gasteiger partial charge >= 0.3 is 0 Å². The molecule has 4 heteroatoms. The third kappa shape index (κ3) is 1.27. The molecule has 1 aliphatic rings. The van der Waals surface area contributed by atoms with E-state index in [9.17, 15) is 13.9 Å². The molecule has 2 rings (SSSR count). The molecule has 0 atom stereocenters. The number of aryl methyl sites for hydroxylation is 1. The van der Waals surface area contributed by atoms with Crippen molar-refractivity contribution in [3.05, 3.63) is 29.3 Å². The third-order valence-electron chi connectivity index (χ3n) is 2.12. The van der Waals surface area contributed by atoms with Crippen LogP contribution >= 0.6 is 10.6 Å². The molecule has 1 aromatic rings. The zero-order valence-corrected chi connectivity index (χ0v) is 7.97. The van der Waals surface area contributed by atoms with Gasteiger partial charge in [0.25, 0.3) is 0 Å². The molecule has 1 aliphatic heterocycles. The monoisotopic (exact) mass is 198 g/mol. The lowest BCUT2D eigenvalue weighted by Gasteiger charge is -2.25. The molecule has 0 fully saturated rings. The lowest BCUT2D eigenvalue weighted by molar-refractivity contribution is 0.102. The molecule has 2 N–H and O–H groups in total. The number of carbonyl (C=O) groups is 1. The largest absolute Gasteiger partial charge is 0.294 e.